The largest absolute Gasteiger partial charge is 0.467 e. The highest BCUT2D eigenvalue weighted by atomic mass is 35.5. The van der Waals surface area contributed by atoms with E-state index in [9.17, 15) is 9.59 Å². The fourth-order valence-corrected chi connectivity index (χ4v) is 4.40. The second-order valence-corrected chi connectivity index (χ2v) is 7.98. The van der Waals surface area contributed by atoms with Crippen molar-refractivity contribution in [3.8, 4) is 0 Å². The normalized spacial score (nSPS) is 26.3. The van der Waals surface area contributed by atoms with E-state index in [0.717, 1.165) is 42.7 Å². The molecule has 0 aromatic heterocycles. The number of amides is 2. The van der Waals surface area contributed by atoms with Crippen molar-refractivity contribution in [2.75, 3.05) is 20.7 Å². The summed E-state index contributed by atoms with van der Waals surface area (Å²) in [5, 5.41) is 0.808. The summed E-state index contributed by atoms with van der Waals surface area (Å²) in [5.41, 5.74) is 2.43. The van der Waals surface area contributed by atoms with Gasteiger partial charge in [-0.2, -0.15) is 0 Å². The number of carbonyl (C=O) groups excluding carboxylic acids is 2. The average Bonchev–Trinajstić information content (AvgIpc) is 2.93. The van der Waals surface area contributed by atoms with Crippen LogP contribution in [0.25, 0.3) is 0 Å². The molecule has 1 aliphatic carbocycles. The lowest BCUT2D eigenvalue weighted by molar-refractivity contribution is -0.145. The monoisotopic (exact) mass is 378 g/mol. The van der Waals surface area contributed by atoms with E-state index in [1.165, 1.54) is 12.7 Å². The Morgan fingerprint density at radius 1 is 1.27 bits per heavy atom. The third kappa shape index (κ3) is 3.83. The van der Waals surface area contributed by atoms with Gasteiger partial charge in [0.25, 0.3) is 0 Å². The summed E-state index contributed by atoms with van der Waals surface area (Å²) in [6.45, 7) is 2.45. The average molecular weight is 379 g/mol. The van der Waals surface area contributed by atoms with Crippen LogP contribution in [0.15, 0.2) is 18.2 Å². The Kier molecular flexibility index (Phi) is 5.76. The Labute approximate surface area is 160 Å². The number of likely N-dealkylation sites (N-methyl/N-ethyl adjacent to an activating group) is 1. The molecule has 5 nitrogen and oxygen atoms in total. The van der Waals surface area contributed by atoms with Crippen molar-refractivity contribution >= 4 is 23.6 Å². The summed E-state index contributed by atoms with van der Waals surface area (Å²) >= 11 is 6.11. The number of esters is 1. The molecule has 1 aromatic carbocycles. The van der Waals surface area contributed by atoms with Crippen LogP contribution in [0.3, 0.4) is 0 Å². The molecule has 1 heterocycles. The zero-order valence-electron chi connectivity index (χ0n) is 15.7. The highest BCUT2D eigenvalue weighted by Gasteiger charge is 2.44. The van der Waals surface area contributed by atoms with Crippen LogP contribution < -0.4 is 0 Å². The van der Waals surface area contributed by atoms with Crippen molar-refractivity contribution in [3.63, 3.8) is 0 Å². The molecule has 3 rings (SSSR count). The van der Waals surface area contributed by atoms with Crippen LogP contribution in [0, 0.1) is 12.8 Å². The Morgan fingerprint density at radius 3 is 2.58 bits per heavy atom. The fraction of sp³-hybridized carbons (Fsp3) is 0.600. The molecule has 0 unspecified atom stereocenters. The van der Waals surface area contributed by atoms with Gasteiger partial charge in [-0.3, -0.25) is 0 Å². The van der Waals surface area contributed by atoms with Gasteiger partial charge in [0.05, 0.1) is 13.7 Å². The lowest BCUT2D eigenvalue weighted by Crippen LogP contribution is -2.48. The van der Waals surface area contributed by atoms with Gasteiger partial charge >= 0.3 is 12.0 Å². The minimum absolute atomic E-state index is 0.0582. The van der Waals surface area contributed by atoms with Gasteiger partial charge in [0.2, 0.25) is 0 Å². The lowest BCUT2D eigenvalue weighted by atomic mass is 9.81. The number of ether oxygens (including phenoxy) is 1. The summed E-state index contributed by atoms with van der Waals surface area (Å²) in [6.07, 6.45) is 5.04. The van der Waals surface area contributed by atoms with E-state index >= 15 is 0 Å². The number of rotatable bonds is 4. The number of urea groups is 1. The van der Waals surface area contributed by atoms with Crippen LogP contribution >= 0.6 is 11.6 Å². The molecule has 1 atom stereocenters. The highest BCUT2D eigenvalue weighted by molar-refractivity contribution is 6.31. The maximum Gasteiger partial charge on any atom is 0.330 e. The van der Waals surface area contributed by atoms with Crippen molar-refractivity contribution in [1.29, 1.82) is 0 Å². The predicted molar refractivity (Wildman–Crippen MR) is 101 cm³/mol. The lowest BCUT2D eigenvalue weighted by Gasteiger charge is -2.36. The number of halogens is 1. The molecular formula is C20H27ClN2O3. The second-order valence-electron chi connectivity index (χ2n) is 7.57. The molecule has 0 N–H and O–H groups in total. The van der Waals surface area contributed by atoms with E-state index in [1.807, 2.05) is 13.0 Å². The summed E-state index contributed by atoms with van der Waals surface area (Å²) in [5.74, 6) is 0.292. The van der Waals surface area contributed by atoms with Crippen molar-refractivity contribution in [1.82, 2.24) is 9.80 Å². The van der Waals surface area contributed by atoms with Crippen LogP contribution in [-0.2, 0) is 16.0 Å². The number of hydrogen-bond acceptors (Lipinski definition) is 3. The van der Waals surface area contributed by atoms with Gasteiger partial charge in [0, 0.05) is 18.1 Å². The van der Waals surface area contributed by atoms with Gasteiger partial charge in [-0.05, 0) is 62.1 Å². The number of methoxy groups -OCH3 is 1. The molecule has 1 aliphatic heterocycles. The number of carbonyl (C=O) groups is 2. The van der Waals surface area contributed by atoms with Gasteiger partial charge < -0.3 is 14.5 Å². The molecule has 1 aromatic rings. The molecule has 1 saturated carbocycles. The van der Waals surface area contributed by atoms with Gasteiger partial charge in [0.15, 0.2) is 0 Å². The van der Waals surface area contributed by atoms with Crippen LogP contribution in [0.2, 0.25) is 5.02 Å². The second kappa shape index (κ2) is 7.87. The number of hydrogen-bond donors (Lipinski definition) is 0. The predicted octanol–water partition coefficient (Wildman–Crippen LogP) is 3.66. The number of benzene rings is 1. The summed E-state index contributed by atoms with van der Waals surface area (Å²) in [4.78, 5) is 28.0. The first-order valence-corrected chi connectivity index (χ1v) is 9.64. The summed E-state index contributed by atoms with van der Waals surface area (Å²) in [7, 11) is 3.13. The molecule has 2 fully saturated rings. The molecule has 142 valence electrons. The standard InChI is InChI=1S/C20H27ClN2O3/c1-13-10-15(6-9-17(13)21)11-14-4-7-16(8-5-14)23-18(19(24)26-3)12-22(2)20(23)25/h6,9-10,14,16,18H,4-5,7-8,11-12H2,1-3H3/t14?,16?,18-/m0/s1. The first-order chi connectivity index (χ1) is 12.4. The summed E-state index contributed by atoms with van der Waals surface area (Å²) in [6, 6.07) is 5.83. The van der Waals surface area contributed by atoms with Crippen molar-refractivity contribution in [2.45, 2.75) is 51.1 Å². The van der Waals surface area contributed by atoms with Crippen molar-refractivity contribution in [3.05, 3.63) is 34.3 Å². The van der Waals surface area contributed by atoms with Crippen LogP contribution in [0.1, 0.15) is 36.8 Å². The molecule has 0 radical (unpaired) electrons. The third-order valence-electron chi connectivity index (χ3n) is 5.76. The van der Waals surface area contributed by atoms with Crippen LogP contribution in [-0.4, -0.2) is 54.6 Å². The first kappa shape index (κ1) is 19.0. The zero-order valence-corrected chi connectivity index (χ0v) is 16.5. The SMILES string of the molecule is COC(=O)[C@@H]1CN(C)C(=O)N1C1CCC(Cc2ccc(Cl)c(C)c2)CC1. The summed E-state index contributed by atoms with van der Waals surface area (Å²) < 4.78 is 4.90. The van der Waals surface area contributed by atoms with Crippen molar-refractivity contribution < 1.29 is 14.3 Å². The number of nitrogens with zero attached hydrogens (tertiary/aromatic N) is 2. The zero-order chi connectivity index (χ0) is 18.8. The molecular weight excluding hydrogens is 352 g/mol. The first-order valence-electron chi connectivity index (χ1n) is 9.27. The van der Waals surface area contributed by atoms with E-state index in [1.54, 1.807) is 16.8 Å². The van der Waals surface area contributed by atoms with E-state index in [4.69, 9.17) is 16.3 Å². The molecule has 0 spiro atoms. The van der Waals surface area contributed by atoms with Crippen LogP contribution in [0.4, 0.5) is 4.79 Å². The Hall–Kier alpha value is -1.75. The van der Waals surface area contributed by atoms with E-state index in [-0.39, 0.29) is 18.0 Å². The molecule has 2 amide bonds. The molecule has 1 saturated heterocycles. The van der Waals surface area contributed by atoms with Gasteiger partial charge in [-0.15, -0.1) is 0 Å². The van der Waals surface area contributed by atoms with Crippen molar-refractivity contribution in [2.24, 2.45) is 5.92 Å². The Bertz CT molecular complexity index is 686. The molecule has 6 heteroatoms. The van der Waals surface area contributed by atoms with Crippen LogP contribution in [0.5, 0.6) is 0 Å². The topological polar surface area (TPSA) is 49.9 Å². The number of aryl methyl sites for hydroxylation is 1. The maximum absolute atomic E-state index is 12.5. The quantitative estimate of drug-likeness (QED) is 0.751. The molecule has 26 heavy (non-hydrogen) atoms. The van der Waals surface area contributed by atoms with Gasteiger partial charge in [0.1, 0.15) is 6.04 Å². The minimum atomic E-state index is -0.474. The molecule has 0 bridgehead atoms. The third-order valence-corrected chi connectivity index (χ3v) is 6.18. The smallest absolute Gasteiger partial charge is 0.330 e. The van der Waals surface area contributed by atoms with E-state index in [2.05, 4.69) is 12.1 Å². The maximum atomic E-state index is 12.5. The van der Waals surface area contributed by atoms with E-state index in [0.29, 0.717) is 12.5 Å². The van der Waals surface area contributed by atoms with E-state index < -0.39 is 6.04 Å². The van der Waals surface area contributed by atoms with Gasteiger partial charge in [-0.1, -0.05) is 23.7 Å². The minimum Gasteiger partial charge on any atom is -0.467 e. The Morgan fingerprint density at radius 2 is 1.96 bits per heavy atom. The van der Waals surface area contributed by atoms with Gasteiger partial charge in [-0.25, -0.2) is 9.59 Å². The molecule has 2 aliphatic rings. The Balaban J connectivity index is 1.61. The highest BCUT2D eigenvalue weighted by Crippen LogP contribution is 2.33. The fourth-order valence-electron chi connectivity index (χ4n) is 4.28.